The van der Waals surface area contributed by atoms with Crippen LogP contribution in [0.4, 0.5) is 10.3 Å². The summed E-state index contributed by atoms with van der Waals surface area (Å²) in [6, 6.07) is 0. The Hall–Kier alpha value is -2.11. The molecule has 1 fully saturated rings. The molecule has 0 amide bonds. The number of nitrogens with one attached hydrogen (secondary N) is 1. The highest BCUT2D eigenvalue weighted by molar-refractivity contribution is 7.55. The molecule has 6 N–H and O–H groups in total. The van der Waals surface area contributed by atoms with Gasteiger partial charge in [-0.2, -0.15) is 4.98 Å². The topological polar surface area (TPSA) is 177 Å². The van der Waals surface area contributed by atoms with Gasteiger partial charge in [0, 0.05) is 5.82 Å². The van der Waals surface area contributed by atoms with Gasteiger partial charge in [-0.25, -0.2) is 9.37 Å². The Morgan fingerprint density at radius 1 is 1.60 bits per heavy atom. The molecular weight excluding hydrogens is 360 g/mol. The van der Waals surface area contributed by atoms with Crippen LogP contribution < -0.4 is 11.3 Å². The highest BCUT2D eigenvalue weighted by Gasteiger charge is 2.50. The molecule has 2 aromatic heterocycles. The minimum Gasteiger partial charge on any atom is -0.395 e. The Labute approximate surface area is 139 Å². The average molecular weight is 375 g/mol. The number of hydrogen-bond acceptors (Lipinski definition) is 7. The fraction of sp³-hybridized carbons (Fsp3) is 0.417. The maximum absolute atomic E-state index is 15.0. The largest absolute Gasteiger partial charge is 0.395 e. The van der Waals surface area contributed by atoms with Crippen LogP contribution in [0.2, 0.25) is 0 Å². The van der Waals surface area contributed by atoms with Crippen LogP contribution >= 0.6 is 7.60 Å². The summed E-state index contributed by atoms with van der Waals surface area (Å²) in [6.07, 6.45) is -1.15. The lowest BCUT2D eigenvalue weighted by molar-refractivity contribution is 0.0236. The molecule has 0 unspecified atom stereocenters. The van der Waals surface area contributed by atoms with Crippen molar-refractivity contribution in [3.8, 4) is 0 Å². The molecule has 0 bridgehead atoms. The van der Waals surface area contributed by atoms with Gasteiger partial charge in [0.25, 0.3) is 5.56 Å². The molecule has 0 saturated carbocycles. The number of nitrogens with two attached hydrogens (primary N) is 1. The molecule has 1 aliphatic rings. The second-order valence-electron chi connectivity index (χ2n) is 5.67. The van der Waals surface area contributed by atoms with E-state index in [9.17, 15) is 18.9 Å². The van der Waals surface area contributed by atoms with E-state index in [-0.39, 0.29) is 23.7 Å². The Morgan fingerprint density at radius 3 is 2.96 bits per heavy atom. The van der Waals surface area contributed by atoms with E-state index < -0.39 is 37.6 Å². The van der Waals surface area contributed by atoms with Gasteiger partial charge >= 0.3 is 7.60 Å². The van der Waals surface area contributed by atoms with Crippen molar-refractivity contribution in [2.45, 2.75) is 12.4 Å². The van der Waals surface area contributed by atoms with Gasteiger partial charge in [0.1, 0.15) is 0 Å². The lowest BCUT2D eigenvalue weighted by Gasteiger charge is -2.25. The van der Waals surface area contributed by atoms with Gasteiger partial charge in [-0.05, 0) is 0 Å². The van der Waals surface area contributed by atoms with Crippen molar-refractivity contribution in [3.05, 3.63) is 28.6 Å². The summed E-state index contributed by atoms with van der Waals surface area (Å²) in [6.45, 7) is -1.09. The molecule has 13 heteroatoms. The van der Waals surface area contributed by atoms with Gasteiger partial charge in [-0.1, -0.05) is 6.08 Å². The number of aromatic nitrogens is 4. The number of hydrogen-bond donors (Lipinski definition) is 5. The van der Waals surface area contributed by atoms with Crippen molar-refractivity contribution in [2.24, 2.45) is 5.41 Å². The highest BCUT2D eigenvalue weighted by Crippen LogP contribution is 2.45. The Bertz CT molecular complexity index is 938. The molecule has 3 heterocycles. The van der Waals surface area contributed by atoms with Crippen molar-refractivity contribution < 1.29 is 28.6 Å². The number of imidazole rings is 1. The van der Waals surface area contributed by atoms with Crippen LogP contribution in [0.15, 0.2) is 23.0 Å². The molecule has 3 rings (SSSR count). The third-order valence-corrected chi connectivity index (χ3v) is 4.48. The van der Waals surface area contributed by atoms with Gasteiger partial charge in [-0.3, -0.25) is 18.9 Å². The Kier molecular flexibility index (Phi) is 4.25. The summed E-state index contributed by atoms with van der Waals surface area (Å²) >= 11 is 0. The molecule has 136 valence electrons. The quantitative estimate of drug-likeness (QED) is 0.430. The zero-order chi connectivity index (χ0) is 18.4. The molecule has 11 nitrogen and oxygen atoms in total. The van der Waals surface area contributed by atoms with Crippen LogP contribution in [-0.2, 0) is 9.30 Å². The fourth-order valence-electron chi connectivity index (χ4n) is 2.61. The number of ether oxygens (including phenoxy) is 1. The van der Waals surface area contributed by atoms with Crippen LogP contribution in [0.1, 0.15) is 6.23 Å². The van der Waals surface area contributed by atoms with Crippen LogP contribution in [0.25, 0.3) is 11.2 Å². The standard InChI is InChI=1S/C12H15FN5O6P/c13-7-10(24-4-12(7,3-19)1-2-25(21,22)23)18-5-15-6-8(18)16-11(14)17-9(6)20/h1-2,5,7,10,19H,3-4H2,(H2,21,22,23)(H3,14,16,17,20)/b2-1+/t7-,10-,12-/m1/s1. The molecule has 25 heavy (non-hydrogen) atoms. The zero-order valence-corrected chi connectivity index (χ0v) is 13.5. The third kappa shape index (κ3) is 3.10. The zero-order valence-electron chi connectivity index (χ0n) is 12.6. The number of aliphatic hydroxyl groups is 1. The van der Waals surface area contributed by atoms with Crippen LogP contribution in [-0.4, -0.2) is 53.8 Å². The lowest BCUT2D eigenvalue weighted by Crippen LogP contribution is -2.34. The molecule has 2 aromatic rings. The first-order valence-electron chi connectivity index (χ1n) is 7.01. The molecule has 0 aliphatic carbocycles. The van der Waals surface area contributed by atoms with E-state index in [1.807, 2.05) is 0 Å². The second-order valence-corrected chi connectivity index (χ2v) is 7.15. The van der Waals surface area contributed by atoms with E-state index >= 15 is 0 Å². The predicted molar refractivity (Wildman–Crippen MR) is 83.1 cm³/mol. The highest BCUT2D eigenvalue weighted by atomic mass is 31.2. The number of fused-ring (bicyclic) bond motifs is 1. The summed E-state index contributed by atoms with van der Waals surface area (Å²) in [4.78, 5) is 39.6. The first kappa shape index (κ1) is 17.7. The normalized spacial score (nSPS) is 27.5. The number of halogens is 1. The molecule has 0 aromatic carbocycles. The summed E-state index contributed by atoms with van der Waals surface area (Å²) in [7, 11) is -4.54. The minimum atomic E-state index is -4.54. The number of nitrogens with zero attached hydrogens (tertiary/aromatic N) is 3. The maximum atomic E-state index is 15.0. The molecule has 0 spiro atoms. The van der Waals surface area contributed by atoms with Gasteiger partial charge < -0.3 is 25.4 Å². The number of nitrogen functional groups attached to an aromatic ring is 1. The van der Waals surface area contributed by atoms with E-state index in [1.54, 1.807) is 0 Å². The van der Waals surface area contributed by atoms with E-state index in [4.69, 9.17) is 20.3 Å². The number of alkyl halides is 1. The molecule has 3 atom stereocenters. The van der Waals surface area contributed by atoms with Crippen molar-refractivity contribution in [1.29, 1.82) is 0 Å². The van der Waals surface area contributed by atoms with E-state index in [0.717, 1.165) is 17.0 Å². The monoisotopic (exact) mass is 375 g/mol. The van der Waals surface area contributed by atoms with Gasteiger partial charge in [0.2, 0.25) is 5.95 Å². The summed E-state index contributed by atoms with van der Waals surface area (Å²) in [5.74, 6) is 0.330. The molecule has 1 saturated heterocycles. The van der Waals surface area contributed by atoms with Crippen molar-refractivity contribution in [1.82, 2.24) is 19.5 Å². The molecule has 0 radical (unpaired) electrons. The van der Waals surface area contributed by atoms with Crippen molar-refractivity contribution in [2.75, 3.05) is 18.9 Å². The fourth-order valence-corrected chi connectivity index (χ4v) is 3.10. The average Bonchev–Trinajstić information content (AvgIpc) is 3.07. The predicted octanol–water partition coefficient (Wildman–Crippen LogP) is -0.761. The van der Waals surface area contributed by atoms with Gasteiger partial charge in [0.15, 0.2) is 23.6 Å². The minimum absolute atomic E-state index is 0.0124. The number of aromatic amines is 1. The number of aliphatic hydroxyl groups excluding tert-OH is 1. The summed E-state index contributed by atoms with van der Waals surface area (Å²) < 4.78 is 32.5. The van der Waals surface area contributed by atoms with E-state index in [1.165, 1.54) is 0 Å². The van der Waals surface area contributed by atoms with Gasteiger partial charge in [-0.15, -0.1) is 0 Å². The number of rotatable bonds is 4. The first-order chi connectivity index (χ1) is 11.7. The van der Waals surface area contributed by atoms with Crippen LogP contribution in [0.5, 0.6) is 0 Å². The van der Waals surface area contributed by atoms with Crippen LogP contribution in [0, 0.1) is 5.41 Å². The lowest BCUT2D eigenvalue weighted by atomic mass is 9.86. The van der Waals surface area contributed by atoms with E-state index in [2.05, 4.69) is 15.0 Å². The SMILES string of the molecule is Nc1nc2c(ncn2[C@@H]2OC[C@@](/C=C/P(=O)(O)O)(CO)[C@@H]2F)c(=O)[nH]1. The Balaban J connectivity index is 2.02. The number of H-pyrrole nitrogens is 1. The van der Waals surface area contributed by atoms with Gasteiger partial charge in [0.05, 0.1) is 25.0 Å². The van der Waals surface area contributed by atoms with E-state index in [0.29, 0.717) is 5.82 Å². The van der Waals surface area contributed by atoms with Crippen molar-refractivity contribution in [3.63, 3.8) is 0 Å². The summed E-state index contributed by atoms with van der Waals surface area (Å²) in [5, 5.41) is 9.56. The third-order valence-electron chi connectivity index (χ3n) is 3.94. The first-order valence-corrected chi connectivity index (χ1v) is 8.69. The molecular formula is C12H15FN5O6P. The second kappa shape index (κ2) is 6.00. The Morgan fingerprint density at radius 2 is 2.32 bits per heavy atom. The molecule has 1 aliphatic heterocycles. The van der Waals surface area contributed by atoms with Crippen molar-refractivity contribution >= 4 is 24.7 Å². The van der Waals surface area contributed by atoms with Crippen LogP contribution in [0.3, 0.4) is 0 Å². The smallest absolute Gasteiger partial charge is 0.348 e. The number of anilines is 1. The summed E-state index contributed by atoms with van der Waals surface area (Å²) in [5.41, 5.74) is 3.13. The maximum Gasteiger partial charge on any atom is 0.348 e.